The monoisotopic (exact) mass is 471 g/mol. The molecule has 0 radical (unpaired) electrons. The Morgan fingerprint density at radius 1 is 1.17 bits per heavy atom. The topological polar surface area (TPSA) is 70.8 Å². The maximum Gasteiger partial charge on any atom is 0.134 e. The quantitative estimate of drug-likeness (QED) is 0.393. The fraction of sp³-hybridized carbons (Fsp3) is 0.414. The maximum absolute atomic E-state index is 11.3. The molecule has 35 heavy (non-hydrogen) atoms. The maximum atomic E-state index is 11.3. The van der Waals surface area contributed by atoms with Crippen molar-refractivity contribution in [1.29, 1.82) is 0 Å². The average molecular weight is 472 g/mol. The van der Waals surface area contributed by atoms with Crippen LogP contribution >= 0.6 is 0 Å². The molecule has 6 nitrogen and oxygen atoms in total. The third-order valence-corrected chi connectivity index (χ3v) is 7.94. The van der Waals surface area contributed by atoms with Crippen LogP contribution in [0.3, 0.4) is 0 Å². The van der Waals surface area contributed by atoms with E-state index in [1.54, 1.807) is 13.3 Å². The van der Waals surface area contributed by atoms with Gasteiger partial charge in [0, 0.05) is 35.6 Å². The second kappa shape index (κ2) is 9.61. The largest absolute Gasteiger partial charge is 0.497 e. The fourth-order valence-electron chi connectivity index (χ4n) is 6.23. The first-order valence-electron chi connectivity index (χ1n) is 12.7. The van der Waals surface area contributed by atoms with E-state index >= 15 is 0 Å². The summed E-state index contributed by atoms with van der Waals surface area (Å²) in [7, 11) is 1.67. The molecule has 0 amide bonds. The third kappa shape index (κ3) is 4.54. The number of likely N-dealkylation sites (tertiary alicyclic amines) is 1. The highest BCUT2D eigenvalue weighted by atomic mass is 16.5. The summed E-state index contributed by atoms with van der Waals surface area (Å²) in [5.41, 5.74) is 2.76. The van der Waals surface area contributed by atoms with Crippen molar-refractivity contribution < 1.29 is 14.3 Å². The number of aliphatic hydroxyl groups is 1. The van der Waals surface area contributed by atoms with Gasteiger partial charge in [0.05, 0.1) is 25.3 Å². The van der Waals surface area contributed by atoms with Gasteiger partial charge < -0.3 is 19.6 Å². The molecule has 2 N–H and O–H groups in total. The molecule has 2 aromatic carbocycles. The second-order valence-electron chi connectivity index (χ2n) is 10.1. The Morgan fingerprint density at radius 2 is 2.09 bits per heavy atom. The number of methoxy groups -OCH3 is 1. The molecule has 4 aromatic rings. The van der Waals surface area contributed by atoms with E-state index in [4.69, 9.17) is 9.15 Å². The highest BCUT2D eigenvalue weighted by Gasteiger charge is 2.40. The van der Waals surface area contributed by atoms with Gasteiger partial charge >= 0.3 is 0 Å². The lowest BCUT2D eigenvalue weighted by Gasteiger charge is -2.38. The number of nitrogens with one attached hydrogen (secondary N) is 1. The van der Waals surface area contributed by atoms with Crippen molar-refractivity contribution in [3.63, 3.8) is 0 Å². The molecule has 2 aromatic heterocycles. The average Bonchev–Trinajstić information content (AvgIpc) is 3.51. The predicted octanol–water partition coefficient (Wildman–Crippen LogP) is 5.06. The van der Waals surface area contributed by atoms with E-state index in [2.05, 4.69) is 27.3 Å². The van der Waals surface area contributed by atoms with Crippen molar-refractivity contribution in [2.24, 2.45) is 5.92 Å². The number of hydrogen-bond acceptors (Lipinski definition) is 6. The van der Waals surface area contributed by atoms with E-state index in [0.717, 1.165) is 58.5 Å². The molecular formula is C29H33N3O3. The van der Waals surface area contributed by atoms with Crippen LogP contribution in [0.5, 0.6) is 5.75 Å². The van der Waals surface area contributed by atoms with E-state index < -0.39 is 6.10 Å². The van der Waals surface area contributed by atoms with E-state index in [0.29, 0.717) is 24.5 Å². The van der Waals surface area contributed by atoms with Gasteiger partial charge in [-0.3, -0.25) is 9.88 Å². The smallest absolute Gasteiger partial charge is 0.134 e. The van der Waals surface area contributed by atoms with Crippen LogP contribution in [0.15, 0.2) is 65.2 Å². The number of hydrogen-bond donors (Lipinski definition) is 2. The molecule has 0 spiro atoms. The standard InChI is InChI=1S/C29H33N3O3/c1-34-22-8-9-26-25(16-22)24(10-11-30-26)28(33)18-32-12-4-6-19-13-21(15-27(19)32)31-17-23-14-20-5-2-3-7-29(20)35-23/h2-3,5,7-11,14,16,19,21,27-28,31,33H,4,6,12-13,15,17-18H2,1H3. The lowest BCUT2D eigenvalue weighted by molar-refractivity contribution is 0.0510. The zero-order chi connectivity index (χ0) is 23.8. The molecule has 1 saturated heterocycles. The Bertz CT molecular complexity index is 1290. The van der Waals surface area contributed by atoms with Crippen molar-refractivity contribution >= 4 is 21.9 Å². The van der Waals surface area contributed by atoms with Crippen molar-refractivity contribution in [3.8, 4) is 5.75 Å². The molecule has 2 fully saturated rings. The van der Waals surface area contributed by atoms with Crippen LogP contribution in [0.4, 0.5) is 0 Å². The Balaban J connectivity index is 1.13. The number of nitrogens with zero attached hydrogens (tertiary/aromatic N) is 2. The van der Waals surface area contributed by atoms with E-state index in [1.165, 1.54) is 19.3 Å². The second-order valence-corrected chi connectivity index (χ2v) is 10.1. The van der Waals surface area contributed by atoms with Crippen LogP contribution in [0.1, 0.15) is 43.1 Å². The minimum Gasteiger partial charge on any atom is -0.497 e. The molecule has 1 saturated carbocycles. The van der Waals surface area contributed by atoms with E-state index in [9.17, 15) is 5.11 Å². The Morgan fingerprint density at radius 3 is 2.97 bits per heavy atom. The third-order valence-electron chi connectivity index (χ3n) is 7.94. The Kier molecular flexibility index (Phi) is 6.19. The number of para-hydroxylation sites is 1. The van der Waals surface area contributed by atoms with Crippen LogP contribution < -0.4 is 10.1 Å². The Hall–Kier alpha value is -2.93. The first-order valence-corrected chi connectivity index (χ1v) is 12.7. The minimum atomic E-state index is -0.561. The first-order chi connectivity index (χ1) is 17.2. The lowest BCUT2D eigenvalue weighted by atomic mass is 9.91. The van der Waals surface area contributed by atoms with Crippen LogP contribution in [-0.4, -0.2) is 47.3 Å². The van der Waals surface area contributed by atoms with Gasteiger partial charge in [0.25, 0.3) is 0 Å². The molecule has 6 heteroatoms. The fourth-order valence-corrected chi connectivity index (χ4v) is 6.23. The number of β-amino-alcohol motifs (C(OH)–C–C–N with tert-alkyl or cyclic N) is 1. The molecule has 0 bridgehead atoms. The highest BCUT2D eigenvalue weighted by molar-refractivity contribution is 5.83. The SMILES string of the molecule is COc1ccc2nccc(C(O)CN3CCCC4CC(NCc5cc6ccccc6o5)CC43)c2c1. The summed E-state index contributed by atoms with van der Waals surface area (Å²) < 4.78 is 11.4. The van der Waals surface area contributed by atoms with E-state index in [1.807, 2.05) is 42.5 Å². The van der Waals surface area contributed by atoms with Crippen LogP contribution in [0, 0.1) is 5.92 Å². The lowest BCUT2D eigenvalue weighted by Crippen LogP contribution is -2.44. The number of rotatable bonds is 7. The van der Waals surface area contributed by atoms with Gasteiger partial charge in [0.1, 0.15) is 17.1 Å². The number of aliphatic hydroxyl groups excluding tert-OH is 1. The van der Waals surface area contributed by atoms with Gasteiger partial charge in [0.15, 0.2) is 0 Å². The van der Waals surface area contributed by atoms with Gasteiger partial charge in [-0.2, -0.15) is 0 Å². The molecule has 6 rings (SSSR count). The Labute approximate surface area is 205 Å². The van der Waals surface area contributed by atoms with Crippen LogP contribution in [0.2, 0.25) is 0 Å². The number of aromatic nitrogens is 1. The number of pyridine rings is 1. The van der Waals surface area contributed by atoms with Gasteiger partial charge in [-0.15, -0.1) is 0 Å². The molecule has 1 aliphatic carbocycles. The van der Waals surface area contributed by atoms with Crippen molar-refractivity contribution in [2.75, 3.05) is 20.2 Å². The van der Waals surface area contributed by atoms with Crippen LogP contribution in [-0.2, 0) is 6.54 Å². The summed E-state index contributed by atoms with van der Waals surface area (Å²) >= 11 is 0. The number of piperidine rings is 1. The minimum absolute atomic E-state index is 0.474. The molecule has 3 heterocycles. The normalized spacial score (nSPS) is 23.5. The van der Waals surface area contributed by atoms with Gasteiger partial charge in [-0.1, -0.05) is 18.2 Å². The van der Waals surface area contributed by atoms with Gasteiger partial charge in [0.2, 0.25) is 0 Å². The van der Waals surface area contributed by atoms with Crippen molar-refractivity contribution in [1.82, 2.24) is 15.2 Å². The number of furan rings is 1. The summed E-state index contributed by atoms with van der Waals surface area (Å²) in [6.45, 7) is 2.45. The van der Waals surface area contributed by atoms with Crippen molar-refractivity contribution in [3.05, 3.63) is 72.1 Å². The number of ether oxygens (including phenoxy) is 1. The zero-order valence-corrected chi connectivity index (χ0v) is 20.2. The van der Waals surface area contributed by atoms with E-state index in [-0.39, 0.29) is 0 Å². The van der Waals surface area contributed by atoms with Gasteiger partial charge in [-0.05, 0) is 80.1 Å². The molecule has 4 unspecified atom stereocenters. The summed E-state index contributed by atoms with van der Waals surface area (Å²) in [4.78, 5) is 6.99. The summed E-state index contributed by atoms with van der Waals surface area (Å²) in [6, 6.07) is 19.1. The molecular weight excluding hydrogens is 438 g/mol. The zero-order valence-electron chi connectivity index (χ0n) is 20.2. The molecule has 1 aliphatic heterocycles. The van der Waals surface area contributed by atoms with Crippen LogP contribution in [0.25, 0.3) is 21.9 Å². The van der Waals surface area contributed by atoms with Crippen molar-refractivity contribution in [2.45, 2.75) is 50.4 Å². The van der Waals surface area contributed by atoms with Gasteiger partial charge in [-0.25, -0.2) is 0 Å². The highest BCUT2D eigenvalue weighted by Crippen LogP contribution is 2.38. The predicted molar refractivity (Wildman–Crippen MR) is 137 cm³/mol. The molecule has 182 valence electrons. The number of benzene rings is 2. The molecule has 2 aliphatic rings. The summed E-state index contributed by atoms with van der Waals surface area (Å²) in [5, 5.41) is 17.2. The first kappa shape index (κ1) is 22.5. The molecule has 4 atom stereocenters. The summed E-state index contributed by atoms with van der Waals surface area (Å²) in [6.07, 6.45) is 5.99. The number of fused-ring (bicyclic) bond motifs is 3. The summed E-state index contributed by atoms with van der Waals surface area (Å²) in [5.74, 6) is 2.46.